The molecule has 0 unspecified atom stereocenters. The molecule has 1 saturated heterocycles. The second-order valence-corrected chi connectivity index (χ2v) is 7.83. The molecule has 2 aliphatic heterocycles. The summed E-state index contributed by atoms with van der Waals surface area (Å²) in [5.74, 6) is -1.39. The van der Waals surface area contributed by atoms with Gasteiger partial charge in [-0.05, 0) is 29.3 Å². The third-order valence-corrected chi connectivity index (χ3v) is 5.69. The molecule has 8 heteroatoms. The van der Waals surface area contributed by atoms with E-state index >= 15 is 0 Å². The van der Waals surface area contributed by atoms with Crippen LogP contribution in [0.1, 0.15) is 27.9 Å². The van der Waals surface area contributed by atoms with E-state index in [0.717, 1.165) is 50.5 Å². The number of amides is 2. The summed E-state index contributed by atoms with van der Waals surface area (Å²) in [7, 11) is 0. The van der Waals surface area contributed by atoms with Gasteiger partial charge in [-0.1, -0.05) is 12.1 Å². The zero-order valence-electron chi connectivity index (χ0n) is 17.2. The predicted molar refractivity (Wildman–Crippen MR) is 111 cm³/mol. The highest BCUT2D eigenvalue weighted by molar-refractivity contribution is 5.94. The van der Waals surface area contributed by atoms with Crippen molar-refractivity contribution in [3.05, 3.63) is 64.7 Å². The zero-order chi connectivity index (χ0) is 21.8. The van der Waals surface area contributed by atoms with Crippen molar-refractivity contribution in [3.63, 3.8) is 0 Å². The molecule has 31 heavy (non-hydrogen) atoms. The highest BCUT2D eigenvalue weighted by atomic mass is 19.1. The summed E-state index contributed by atoms with van der Waals surface area (Å²) in [5.41, 5.74) is 2.27. The van der Waals surface area contributed by atoms with Crippen LogP contribution in [0, 0.1) is 11.6 Å². The molecule has 2 aromatic rings. The van der Waals surface area contributed by atoms with Gasteiger partial charge in [-0.2, -0.15) is 0 Å². The zero-order valence-corrected chi connectivity index (χ0v) is 17.2. The van der Waals surface area contributed by atoms with Gasteiger partial charge in [0.15, 0.2) is 0 Å². The fourth-order valence-electron chi connectivity index (χ4n) is 3.96. The van der Waals surface area contributed by atoms with Gasteiger partial charge in [0.05, 0.1) is 12.2 Å². The number of carbonyl (C=O) groups excluding carboxylic acids is 2. The van der Waals surface area contributed by atoms with Gasteiger partial charge in [0.2, 0.25) is 5.91 Å². The summed E-state index contributed by atoms with van der Waals surface area (Å²) in [6.07, 6.45) is 1.09. The first-order valence-electron chi connectivity index (χ1n) is 10.5. The Morgan fingerprint density at radius 2 is 1.84 bits per heavy atom. The Morgan fingerprint density at radius 1 is 1.03 bits per heavy atom. The van der Waals surface area contributed by atoms with Crippen molar-refractivity contribution in [1.82, 2.24) is 15.1 Å². The largest absolute Gasteiger partial charge is 0.493 e. The Hall–Kier alpha value is -3.00. The Labute approximate surface area is 179 Å². The molecule has 2 aromatic carbocycles. The first-order chi connectivity index (χ1) is 15.0. The van der Waals surface area contributed by atoms with E-state index in [1.165, 1.54) is 11.1 Å². The first kappa shape index (κ1) is 21.2. The lowest BCUT2D eigenvalue weighted by Crippen LogP contribution is -2.48. The molecule has 164 valence electrons. The van der Waals surface area contributed by atoms with Crippen LogP contribution in [0.25, 0.3) is 0 Å². The van der Waals surface area contributed by atoms with E-state index in [9.17, 15) is 18.4 Å². The number of benzene rings is 2. The molecule has 6 nitrogen and oxygen atoms in total. The predicted octanol–water partition coefficient (Wildman–Crippen LogP) is 2.36. The number of hydrogen-bond donors (Lipinski definition) is 1. The minimum atomic E-state index is -0.921. The maximum Gasteiger partial charge on any atom is 0.254 e. The summed E-state index contributed by atoms with van der Waals surface area (Å²) in [6.45, 7) is 4.53. The third-order valence-electron chi connectivity index (χ3n) is 5.69. The molecule has 0 atom stereocenters. The molecule has 0 aliphatic carbocycles. The molecule has 0 bridgehead atoms. The van der Waals surface area contributed by atoms with Gasteiger partial charge in [0.1, 0.15) is 17.4 Å². The van der Waals surface area contributed by atoms with Crippen molar-refractivity contribution in [2.45, 2.75) is 19.4 Å². The number of ether oxygens (including phenoxy) is 1. The van der Waals surface area contributed by atoms with Gasteiger partial charge < -0.3 is 15.0 Å². The summed E-state index contributed by atoms with van der Waals surface area (Å²) >= 11 is 0. The van der Waals surface area contributed by atoms with Gasteiger partial charge in [-0.25, -0.2) is 8.78 Å². The molecular weight excluding hydrogens is 404 g/mol. The second-order valence-electron chi connectivity index (χ2n) is 7.83. The molecule has 0 spiro atoms. The summed E-state index contributed by atoms with van der Waals surface area (Å²) in [6, 6.07) is 9.11. The lowest BCUT2D eigenvalue weighted by molar-refractivity contribution is -0.132. The van der Waals surface area contributed by atoms with Crippen LogP contribution >= 0.6 is 0 Å². The lowest BCUT2D eigenvalue weighted by Gasteiger charge is -2.35. The SMILES string of the molecule is O=C(NCCC(=O)N1CCN(Cc2ccc3c(c2)CCO3)CC1)c1ccc(F)cc1F. The van der Waals surface area contributed by atoms with Gasteiger partial charge >= 0.3 is 0 Å². The van der Waals surface area contributed by atoms with Crippen LogP contribution in [0.2, 0.25) is 0 Å². The maximum absolute atomic E-state index is 13.6. The highest BCUT2D eigenvalue weighted by Gasteiger charge is 2.22. The van der Waals surface area contributed by atoms with Gasteiger partial charge in [0, 0.05) is 58.2 Å². The molecule has 0 radical (unpaired) electrons. The third kappa shape index (κ3) is 5.19. The van der Waals surface area contributed by atoms with Crippen molar-refractivity contribution in [2.24, 2.45) is 0 Å². The number of nitrogens with one attached hydrogen (secondary N) is 1. The number of hydrogen-bond acceptors (Lipinski definition) is 4. The van der Waals surface area contributed by atoms with E-state index in [2.05, 4.69) is 22.3 Å². The van der Waals surface area contributed by atoms with E-state index in [4.69, 9.17) is 4.74 Å². The van der Waals surface area contributed by atoms with Crippen LogP contribution < -0.4 is 10.1 Å². The van der Waals surface area contributed by atoms with Crippen LogP contribution in [0.5, 0.6) is 5.75 Å². The summed E-state index contributed by atoms with van der Waals surface area (Å²) in [4.78, 5) is 28.6. The Bertz CT molecular complexity index is 975. The van der Waals surface area contributed by atoms with Gasteiger partial charge in [0.25, 0.3) is 5.91 Å². The van der Waals surface area contributed by atoms with E-state index < -0.39 is 17.5 Å². The van der Waals surface area contributed by atoms with Crippen LogP contribution in [0.3, 0.4) is 0 Å². The molecule has 1 fully saturated rings. The number of rotatable bonds is 6. The molecule has 4 rings (SSSR count). The fourth-order valence-corrected chi connectivity index (χ4v) is 3.96. The highest BCUT2D eigenvalue weighted by Crippen LogP contribution is 2.26. The summed E-state index contributed by atoms with van der Waals surface area (Å²) < 4.78 is 32.1. The number of halogens is 2. The molecule has 0 aromatic heterocycles. The smallest absolute Gasteiger partial charge is 0.254 e. The number of carbonyl (C=O) groups is 2. The quantitative estimate of drug-likeness (QED) is 0.766. The van der Waals surface area contributed by atoms with E-state index in [1.54, 1.807) is 4.90 Å². The van der Waals surface area contributed by atoms with Crippen LogP contribution in [-0.4, -0.2) is 60.9 Å². The number of piperazine rings is 1. The van der Waals surface area contributed by atoms with Crippen molar-refractivity contribution in [3.8, 4) is 5.75 Å². The van der Waals surface area contributed by atoms with Crippen LogP contribution in [0.4, 0.5) is 8.78 Å². The van der Waals surface area contributed by atoms with E-state index in [1.807, 2.05) is 6.07 Å². The average molecular weight is 429 g/mol. The topological polar surface area (TPSA) is 61.9 Å². The van der Waals surface area contributed by atoms with Crippen LogP contribution in [-0.2, 0) is 17.8 Å². The minimum absolute atomic E-state index is 0.0470. The van der Waals surface area contributed by atoms with Crippen molar-refractivity contribution in [2.75, 3.05) is 39.3 Å². The Morgan fingerprint density at radius 3 is 2.61 bits per heavy atom. The van der Waals surface area contributed by atoms with E-state index in [-0.39, 0.29) is 24.4 Å². The lowest BCUT2D eigenvalue weighted by atomic mass is 10.1. The molecule has 2 heterocycles. The monoisotopic (exact) mass is 429 g/mol. The standard InChI is InChI=1S/C23H25F2N3O3/c24-18-2-3-19(20(25)14-18)23(30)26-7-5-22(29)28-10-8-27(9-11-28)15-16-1-4-21-17(13-16)6-12-31-21/h1-4,13-14H,5-12,15H2,(H,26,30). The number of fused-ring (bicyclic) bond motifs is 1. The van der Waals surface area contributed by atoms with Crippen molar-refractivity contribution in [1.29, 1.82) is 0 Å². The second kappa shape index (κ2) is 9.43. The fraction of sp³-hybridized carbons (Fsp3) is 0.391. The van der Waals surface area contributed by atoms with Crippen molar-refractivity contribution >= 4 is 11.8 Å². The van der Waals surface area contributed by atoms with Crippen molar-refractivity contribution < 1.29 is 23.1 Å². The molecule has 2 aliphatic rings. The molecule has 2 amide bonds. The van der Waals surface area contributed by atoms with Gasteiger partial charge in [-0.3, -0.25) is 14.5 Å². The number of nitrogens with zero attached hydrogens (tertiary/aromatic N) is 2. The molecule has 1 N–H and O–H groups in total. The maximum atomic E-state index is 13.6. The first-order valence-corrected chi connectivity index (χ1v) is 10.5. The normalized spacial score (nSPS) is 16.0. The molecule has 0 saturated carbocycles. The van der Waals surface area contributed by atoms with Crippen LogP contribution in [0.15, 0.2) is 36.4 Å². The Balaban J connectivity index is 1.19. The average Bonchev–Trinajstić information content (AvgIpc) is 3.22. The Kier molecular flexibility index (Phi) is 6.46. The van der Waals surface area contributed by atoms with Gasteiger partial charge in [-0.15, -0.1) is 0 Å². The van der Waals surface area contributed by atoms with E-state index in [0.29, 0.717) is 19.2 Å². The molecular formula is C23H25F2N3O3. The summed E-state index contributed by atoms with van der Waals surface area (Å²) in [5, 5.41) is 2.52. The minimum Gasteiger partial charge on any atom is -0.493 e.